The van der Waals surface area contributed by atoms with Crippen LogP contribution in [0.3, 0.4) is 0 Å². The number of phenolic OH excluding ortho intramolecular Hbond substituents is 1. The zero-order valence-corrected chi connectivity index (χ0v) is 7.06. The van der Waals surface area contributed by atoms with Crippen molar-refractivity contribution in [3.8, 4) is 5.75 Å². The van der Waals surface area contributed by atoms with Gasteiger partial charge in [-0.25, -0.2) is 0 Å². The van der Waals surface area contributed by atoms with Crippen molar-refractivity contribution in [2.45, 2.75) is 0 Å². The molecule has 11 heavy (non-hydrogen) atoms. The third kappa shape index (κ3) is 1.88. The highest BCUT2D eigenvalue weighted by Gasteiger charge is 2.06. The van der Waals surface area contributed by atoms with Crippen molar-refractivity contribution in [1.82, 2.24) is 0 Å². The molecule has 1 aromatic rings. The zero-order chi connectivity index (χ0) is 8.43. The van der Waals surface area contributed by atoms with Crippen molar-refractivity contribution in [3.05, 3.63) is 28.8 Å². The fourth-order valence-corrected chi connectivity index (χ4v) is 1.04. The first-order valence-corrected chi connectivity index (χ1v) is 3.65. The Morgan fingerprint density at radius 2 is 2.18 bits per heavy atom. The molecule has 0 radical (unpaired) electrons. The summed E-state index contributed by atoms with van der Waals surface area (Å²) in [6.45, 7) is 0. The summed E-state index contributed by atoms with van der Waals surface area (Å²) in [4.78, 5) is 10.6. The van der Waals surface area contributed by atoms with Crippen molar-refractivity contribution >= 4 is 29.3 Å². The average molecular weight is 189 g/mol. The number of carbonyl (C=O) groups is 1. The second-order valence-corrected chi connectivity index (χ2v) is 2.81. The normalized spacial score (nSPS) is 9.64. The summed E-state index contributed by atoms with van der Waals surface area (Å²) >= 11 is 9.07. The van der Waals surface area contributed by atoms with Gasteiger partial charge in [-0.05, 0) is 18.2 Å². The third-order valence-corrected chi connectivity index (χ3v) is 1.67. The van der Waals surface area contributed by atoms with Gasteiger partial charge in [-0.2, -0.15) is 0 Å². The predicted octanol–water partition coefficient (Wildman–Crippen LogP) is 2.12. The fraction of sp³-hybridized carbons (Fsp3) is 0. The van der Waals surface area contributed by atoms with E-state index in [9.17, 15) is 4.79 Å². The van der Waals surface area contributed by atoms with Crippen LogP contribution in [0.5, 0.6) is 5.75 Å². The minimum Gasteiger partial charge on any atom is -0.507 e. The molecule has 0 amide bonds. The van der Waals surface area contributed by atoms with Crippen LogP contribution in [0.2, 0.25) is 5.02 Å². The molecule has 0 aromatic heterocycles. The highest BCUT2D eigenvalue weighted by molar-refractivity contribution is 7.97. The van der Waals surface area contributed by atoms with Crippen LogP contribution in [0, 0.1) is 0 Å². The van der Waals surface area contributed by atoms with Gasteiger partial charge < -0.3 is 5.11 Å². The summed E-state index contributed by atoms with van der Waals surface area (Å²) in [6, 6.07) is 4.24. The molecule has 58 valence electrons. The van der Waals surface area contributed by atoms with E-state index < -0.39 is 5.12 Å². The van der Waals surface area contributed by atoms with Gasteiger partial charge in [0, 0.05) is 5.02 Å². The van der Waals surface area contributed by atoms with Gasteiger partial charge in [-0.3, -0.25) is 4.79 Å². The topological polar surface area (TPSA) is 37.3 Å². The molecule has 0 bridgehead atoms. The molecule has 0 atom stereocenters. The molecule has 0 aliphatic rings. The summed E-state index contributed by atoms with van der Waals surface area (Å²) in [6.07, 6.45) is 0. The predicted molar refractivity (Wildman–Crippen MR) is 46.4 cm³/mol. The van der Waals surface area contributed by atoms with Crippen molar-refractivity contribution < 1.29 is 9.90 Å². The van der Waals surface area contributed by atoms with Gasteiger partial charge in [0.1, 0.15) is 5.75 Å². The Bertz CT molecular complexity index is 298. The van der Waals surface area contributed by atoms with Gasteiger partial charge in [0.2, 0.25) is 5.12 Å². The molecular formula is C7H5ClO2S. The Morgan fingerprint density at radius 3 is 2.64 bits per heavy atom. The molecule has 1 rings (SSSR count). The van der Waals surface area contributed by atoms with Gasteiger partial charge in [-0.15, -0.1) is 12.6 Å². The molecule has 0 unspecified atom stereocenters. The Morgan fingerprint density at radius 1 is 1.55 bits per heavy atom. The SMILES string of the molecule is O=C(S)c1ccc(Cl)cc1O. The highest BCUT2D eigenvalue weighted by Crippen LogP contribution is 2.22. The molecule has 1 N–H and O–H groups in total. The van der Waals surface area contributed by atoms with E-state index >= 15 is 0 Å². The van der Waals surface area contributed by atoms with Crippen molar-refractivity contribution in [2.75, 3.05) is 0 Å². The summed E-state index contributed by atoms with van der Waals surface area (Å²) in [5, 5.41) is 9.02. The Labute approximate surface area is 74.2 Å². The molecule has 0 saturated heterocycles. The van der Waals surface area contributed by atoms with Crippen LogP contribution >= 0.6 is 24.2 Å². The van der Waals surface area contributed by atoms with Gasteiger partial charge in [0.05, 0.1) is 5.56 Å². The molecular weight excluding hydrogens is 184 g/mol. The number of hydrogen-bond donors (Lipinski definition) is 2. The number of hydrogen-bond acceptors (Lipinski definition) is 2. The lowest BCUT2D eigenvalue weighted by Gasteiger charge is -1.98. The maximum absolute atomic E-state index is 10.6. The fourth-order valence-electron chi connectivity index (χ4n) is 0.686. The third-order valence-electron chi connectivity index (χ3n) is 1.19. The summed E-state index contributed by atoms with van der Waals surface area (Å²) in [5.74, 6) is -0.141. The summed E-state index contributed by atoms with van der Waals surface area (Å²) < 4.78 is 0. The molecule has 0 saturated carbocycles. The lowest BCUT2D eigenvalue weighted by atomic mass is 10.2. The summed E-state index contributed by atoms with van der Waals surface area (Å²) in [5.41, 5.74) is 0.165. The number of benzene rings is 1. The first-order valence-electron chi connectivity index (χ1n) is 2.83. The molecule has 0 aliphatic carbocycles. The maximum atomic E-state index is 10.6. The van der Waals surface area contributed by atoms with Crippen LogP contribution in [0.15, 0.2) is 18.2 Å². The van der Waals surface area contributed by atoms with Crippen LogP contribution in [0.25, 0.3) is 0 Å². The highest BCUT2D eigenvalue weighted by atomic mass is 35.5. The summed E-state index contributed by atoms with van der Waals surface area (Å²) in [7, 11) is 0. The molecule has 0 fully saturated rings. The van der Waals surface area contributed by atoms with Gasteiger partial charge in [0.15, 0.2) is 0 Å². The van der Waals surface area contributed by atoms with E-state index in [1.807, 2.05) is 0 Å². The molecule has 0 spiro atoms. The van der Waals surface area contributed by atoms with Crippen LogP contribution < -0.4 is 0 Å². The molecule has 0 aliphatic heterocycles. The van der Waals surface area contributed by atoms with E-state index in [0.29, 0.717) is 5.02 Å². The van der Waals surface area contributed by atoms with E-state index in [2.05, 4.69) is 12.6 Å². The Hall–Kier alpha value is -0.670. The zero-order valence-electron chi connectivity index (χ0n) is 5.41. The monoisotopic (exact) mass is 188 g/mol. The minimum atomic E-state index is -0.473. The average Bonchev–Trinajstić information content (AvgIpc) is 1.85. The van der Waals surface area contributed by atoms with Crippen LogP contribution in [-0.2, 0) is 0 Å². The first-order chi connectivity index (χ1) is 5.11. The van der Waals surface area contributed by atoms with Crippen LogP contribution in [0.4, 0.5) is 0 Å². The van der Waals surface area contributed by atoms with Crippen LogP contribution in [0.1, 0.15) is 10.4 Å². The second kappa shape index (κ2) is 3.15. The van der Waals surface area contributed by atoms with Crippen molar-refractivity contribution in [1.29, 1.82) is 0 Å². The quantitative estimate of drug-likeness (QED) is 0.663. The smallest absolute Gasteiger partial charge is 0.220 e. The molecule has 0 heterocycles. The van der Waals surface area contributed by atoms with Crippen LogP contribution in [-0.4, -0.2) is 10.2 Å². The lowest BCUT2D eigenvalue weighted by Crippen LogP contribution is -1.88. The first kappa shape index (κ1) is 8.43. The number of thiol groups is 1. The van der Waals surface area contributed by atoms with Gasteiger partial charge in [-0.1, -0.05) is 11.6 Å². The number of aromatic hydroxyl groups is 1. The van der Waals surface area contributed by atoms with E-state index in [0.717, 1.165) is 0 Å². The second-order valence-electron chi connectivity index (χ2n) is 1.97. The number of carbonyl (C=O) groups excluding carboxylic acids is 1. The molecule has 4 heteroatoms. The van der Waals surface area contributed by atoms with E-state index in [4.69, 9.17) is 16.7 Å². The van der Waals surface area contributed by atoms with Crippen molar-refractivity contribution in [3.63, 3.8) is 0 Å². The standard InChI is InChI=1S/C7H5ClO2S/c8-4-1-2-5(7(10)11)6(9)3-4/h1-3,9H,(H,10,11). The van der Waals surface area contributed by atoms with Crippen molar-refractivity contribution in [2.24, 2.45) is 0 Å². The lowest BCUT2D eigenvalue weighted by molar-refractivity contribution is 0.108. The van der Waals surface area contributed by atoms with E-state index in [1.165, 1.54) is 18.2 Å². The van der Waals surface area contributed by atoms with Gasteiger partial charge in [0.25, 0.3) is 0 Å². The Balaban J connectivity index is 3.20. The molecule has 1 aromatic carbocycles. The van der Waals surface area contributed by atoms with Gasteiger partial charge >= 0.3 is 0 Å². The van der Waals surface area contributed by atoms with E-state index in [-0.39, 0.29) is 11.3 Å². The van der Waals surface area contributed by atoms with E-state index in [1.54, 1.807) is 0 Å². The largest absolute Gasteiger partial charge is 0.507 e. The number of phenols is 1. The maximum Gasteiger partial charge on any atom is 0.220 e. The molecule has 2 nitrogen and oxygen atoms in total. The minimum absolute atomic E-state index is 0.141. The number of rotatable bonds is 1. The number of halogens is 1. The Kier molecular flexibility index (Phi) is 2.42.